The van der Waals surface area contributed by atoms with Crippen LogP contribution in [-0.4, -0.2) is 126 Å². The fourth-order valence-electron chi connectivity index (χ4n) is 13.0. The lowest BCUT2D eigenvalue weighted by atomic mass is 9.85. The number of aromatic amines is 1. The SMILES string of the molecule is CN(C/C=C/C(=O)N1CCC[C@@H](n2cc(-c3ccc(Oc4ccccc4)cc3)c3c(N)nn(C4CC(N(C)C/C=C/C(=O)N5CCC[C@@H](n6cc(-c7ccc(Oc8ccccc8)cc7)c7c(N)n[nH]c(=O)c76)C5)C4)c(=O)c32)C1)C1CCCCC1. The molecule has 4 aromatic heterocycles. The second-order valence-electron chi connectivity index (χ2n) is 23.2. The number of hydrogen-bond donors (Lipinski definition) is 3. The molecule has 12 rings (SSSR count). The first-order valence-corrected chi connectivity index (χ1v) is 29.7. The third-order valence-electron chi connectivity index (χ3n) is 17.8. The fourth-order valence-corrected chi connectivity index (χ4v) is 13.0. The van der Waals surface area contributed by atoms with Crippen LogP contribution in [0.25, 0.3) is 44.1 Å². The molecule has 6 heterocycles. The number of rotatable bonds is 17. The van der Waals surface area contributed by atoms with Gasteiger partial charge < -0.3 is 39.9 Å². The predicted molar refractivity (Wildman–Crippen MR) is 329 cm³/mol. The number of fused-ring (bicyclic) bond motifs is 2. The van der Waals surface area contributed by atoms with Gasteiger partial charge in [0.1, 0.15) is 34.0 Å². The molecular formula is C66H74N12O6. The van der Waals surface area contributed by atoms with Crippen molar-refractivity contribution < 1.29 is 19.1 Å². The van der Waals surface area contributed by atoms with Gasteiger partial charge in [0.25, 0.3) is 11.1 Å². The van der Waals surface area contributed by atoms with Crippen LogP contribution in [0.15, 0.2) is 155 Å². The number of piperidine rings is 2. The number of amides is 2. The highest BCUT2D eigenvalue weighted by Gasteiger charge is 2.37. The summed E-state index contributed by atoms with van der Waals surface area (Å²) < 4.78 is 17.8. The van der Waals surface area contributed by atoms with Gasteiger partial charge in [0.2, 0.25) is 11.8 Å². The lowest BCUT2D eigenvalue weighted by molar-refractivity contribution is -0.128. The van der Waals surface area contributed by atoms with Crippen LogP contribution in [0.2, 0.25) is 0 Å². The number of ether oxygens (including phenoxy) is 2. The lowest BCUT2D eigenvalue weighted by Gasteiger charge is -2.41. The number of carbonyl (C=O) groups excluding carboxylic acids is 2. The number of nitrogens with one attached hydrogen (secondary N) is 1. The van der Waals surface area contributed by atoms with Gasteiger partial charge in [-0.3, -0.25) is 29.0 Å². The number of H-pyrrole nitrogens is 1. The van der Waals surface area contributed by atoms with Gasteiger partial charge in [-0.2, -0.15) is 10.2 Å². The van der Waals surface area contributed by atoms with Crippen molar-refractivity contribution in [1.82, 2.24) is 48.7 Å². The molecular weight excluding hydrogens is 1060 g/mol. The van der Waals surface area contributed by atoms with Crippen molar-refractivity contribution in [2.75, 3.05) is 64.8 Å². The van der Waals surface area contributed by atoms with Crippen LogP contribution in [0.3, 0.4) is 0 Å². The molecule has 0 unspecified atom stereocenters. The van der Waals surface area contributed by atoms with Crippen LogP contribution in [0.1, 0.15) is 88.8 Å². The van der Waals surface area contributed by atoms with Gasteiger partial charge in [-0.15, -0.1) is 0 Å². The average Bonchev–Trinajstić information content (AvgIpc) is 2.02. The van der Waals surface area contributed by atoms with Gasteiger partial charge in [-0.25, -0.2) is 9.78 Å². The van der Waals surface area contributed by atoms with Crippen molar-refractivity contribution in [2.24, 2.45) is 0 Å². The van der Waals surface area contributed by atoms with Crippen LogP contribution >= 0.6 is 0 Å². The Bertz CT molecular complexity index is 3820. The van der Waals surface area contributed by atoms with Crippen LogP contribution in [0.4, 0.5) is 11.6 Å². The van der Waals surface area contributed by atoms with E-state index < -0.39 is 0 Å². The van der Waals surface area contributed by atoms with E-state index in [0.29, 0.717) is 84.9 Å². The highest BCUT2D eigenvalue weighted by Crippen LogP contribution is 2.41. The highest BCUT2D eigenvalue weighted by molar-refractivity contribution is 6.03. The van der Waals surface area contributed by atoms with Crippen molar-refractivity contribution >= 4 is 45.3 Å². The molecule has 0 spiro atoms. The topological polar surface area (TPSA) is 208 Å². The second-order valence-corrected chi connectivity index (χ2v) is 23.2. The Kier molecular flexibility index (Phi) is 16.3. The Morgan fingerprint density at radius 3 is 1.58 bits per heavy atom. The Morgan fingerprint density at radius 1 is 0.583 bits per heavy atom. The van der Waals surface area contributed by atoms with E-state index in [1.165, 1.54) is 32.1 Å². The minimum atomic E-state index is -0.350. The van der Waals surface area contributed by atoms with Crippen LogP contribution in [0, 0.1) is 0 Å². The second kappa shape index (κ2) is 24.6. The zero-order valence-corrected chi connectivity index (χ0v) is 47.9. The number of nitrogens with two attached hydrogens (primary N) is 2. The summed E-state index contributed by atoms with van der Waals surface area (Å²) in [7, 11) is 4.19. The maximum absolute atomic E-state index is 15.1. The number of likely N-dealkylation sites (tertiary alicyclic amines) is 2. The zero-order valence-electron chi connectivity index (χ0n) is 47.9. The van der Waals surface area contributed by atoms with Crippen LogP contribution < -0.4 is 32.1 Å². The molecule has 0 bridgehead atoms. The van der Waals surface area contributed by atoms with Gasteiger partial charge in [-0.1, -0.05) is 92.1 Å². The minimum Gasteiger partial charge on any atom is -0.457 e. The molecule has 8 aromatic rings. The van der Waals surface area contributed by atoms with E-state index in [1.54, 1.807) is 16.8 Å². The number of anilines is 2. The van der Waals surface area contributed by atoms with E-state index in [2.05, 4.69) is 31.6 Å². The summed E-state index contributed by atoms with van der Waals surface area (Å²) in [6.45, 7) is 3.38. The van der Waals surface area contributed by atoms with E-state index in [-0.39, 0.29) is 58.7 Å². The Hall–Kier alpha value is -8.74. The Labute approximate surface area is 488 Å². The molecule has 434 valence electrons. The number of para-hydroxylation sites is 2. The normalized spacial score (nSPS) is 19.7. The van der Waals surface area contributed by atoms with Gasteiger partial charge in [0.05, 0.1) is 28.9 Å². The largest absolute Gasteiger partial charge is 0.457 e. The zero-order chi connectivity index (χ0) is 57.8. The first-order chi connectivity index (χ1) is 40.9. The number of benzene rings is 4. The third-order valence-corrected chi connectivity index (χ3v) is 17.8. The van der Waals surface area contributed by atoms with Gasteiger partial charge >= 0.3 is 0 Å². The number of hydrogen-bond acceptors (Lipinski definition) is 12. The van der Waals surface area contributed by atoms with Gasteiger partial charge in [0, 0.05) is 87.0 Å². The molecule has 2 aliphatic heterocycles. The van der Waals surface area contributed by atoms with E-state index >= 15 is 4.79 Å². The van der Waals surface area contributed by atoms with E-state index in [1.807, 2.05) is 155 Å². The molecule has 84 heavy (non-hydrogen) atoms. The highest BCUT2D eigenvalue weighted by atomic mass is 16.5. The average molecular weight is 1130 g/mol. The van der Waals surface area contributed by atoms with E-state index in [4.69, 9.17) is 26.0 Å². The predicted octanol–water partition coefficient (Wildman–Crippen LogP) is 10.4. The van der Waals surface area contributed by atoms with Crippen molar-refractivity contribution in [2.45, 2.75) is 101 Å². The first-order valence-electron chi connectivity index (χ1n) is 29.7. The van der Waals surface area contributed by atoms with E-state index in [9.17, 15) is 14.4 Å². The molecule has 2 amide bonds. The Morgan fingerprint density at radius 2 is 1.06 bits per heavy atom. The molecule has 2 atom stereocenters. The van der Waals surface area contributed by atoms with Crippen LogP contribution in [0.5, 0.6) is 23.0 Å². The maximum Gasteiger partial charge on any atom is 0.291 e. The molecule has 4 aliphatic rings. The molecule has 18 nitrogen and oxygen atoms in total. The molecule has 2 aliphatic carbocycles. The summed E-state index contributed by atoms with van der Waals surface area (Å²) in [6.07, 6.45) is 22.0. The number of aromatic nitrogens is 6. The molecule has 2 saturated heterocycles. The lowest BCUT2D eigenvalue weighted by Crippen LogP contribution is -2.46. The van der Waals surface area contributed by atoms with Gasteiger partial charge in [-0.05, 0) is 125 Å². The molecule has 4 fully saturated rings. The van der Waals surface area contributed by atoms with Crippen molar-refractivity contribution in [3.8, 4) is 45.3 Å². The summed E-state index contributed by atoms with van der Waals surface area (Å²) in [5.74, 6) is 3.19. The maximum atomic E-state index is 15.1. The molecule has 4 aromatic carbocycles. The number of likely N-dealkylation sites (N-methyl/N-ethyl adjacent to an activating group) is 2. The standard InChI is InChI=1S/C66H74N12O6/c1-72(46-16-6-3-7-17-46)34-14-24-57(79)75-37-13-19-48(41-75)77-43-56(45-28-32-54(33-29-45)84-52-22-10-5-11-23-52)60-62(77)66(82)78(71-64(60)68)50-38-49(39-50)73(2)35-15-25-58(80)74-36-12-18-47(40-74)76-42-55(59-61(76)65(81)70-69-63(59)67)44-26-30-53(31-27-44)83-51-20-8-4-9-21-51/h4-5,8-11,14-15,20-33,42-43,46-50H,3,6-7,12-13,16-19,34-41H2,1-2H3,(H2,67,69)(H2,68,71)(H,70,81)/b24-14+,25-15+/t47-,48-,49?,50?/m1/s1. The summed E-state index contributed by atoms with van der Waals surface area (Å²) in [5, 5.41) is 12.7. The molecule has 18 heteroatoms. The smallest absolute Gasteiger partial charge is 0.291 e. The monoisotopic (exact) mass is 1130 g/mol. The van der Waals surface area contributed by atoms with Crippen LogP contribution in [-0.2, 0) is 9.59 Å². The van der Waals surface area contributed by atoms with E-state index in [0.717, 1.165) is 66.0 Å². The Balaban J connectivity index is 0.723. The fraction of sp³-hybridized carbons (Fsp3) is 0.364. The first kappa shape index (κ1) is 55.8. The minimum absolute atomic E-state index is 0.0152. The molecule has 5 N–H and O–H groups in total. The van der Waals surface area contributed by atoms with Gasteiger partial charge in [0.15, 0.2) is 11.6 Å². The number of nitrogen functional groups attached to an aromatic ring is 2. The molecule has 2 saturated carbocycles. The molecule has 0 radical (unpaired) electrons. The summed E-state index contributed by atoms with van der Waals surface area (Å²) in [6, 6.07) is 34.8. The number of nitrogens with zero attached hydrogens (tertiary/aromatic N) is 9. The number of carbonyl (C=O) groups is 2. The van der Waals surface area contributed by atoms with Crippen molar-refractivity contribution in [3.05, 3.63) is 167 Å². The summed E-state index contributed by atoms with van der Waals surface area (Å²) in [5.41, 5.74) is 17.1. The summed E-state index contributed by atoms with van der Waals surface area (Å²) in [4.78, 5) is 64.6. The third kappa shape index (κ3) is 11.8. The summed E-state index contributed by atoms with van der Waals surface area (Å²) >= 11 is 0. The van der Waals surface area contributed by atoms with Crippen molar-refractivity contribution in [3.63, 3.8) is 0 Å². The quantitative estimate of drug-likeness (QED) is 0.0728. The van der Waals surface area contributed by atoms with Crippen molar-refractivity contribution in [1.29, 1.82) is 0 Å².